The molecule has 1 atom stereocenters. The molecule has 1 heterocycles. The zero-order valence-corrected chi connectivity index (χ0v) is 10.3. The van der Waals surface area contributed by atoms with Crippen LogP contribution in [0.25, 0.3) is 0 Å². The first-order chi connectivity index (χ1) is 7.63. The van der Waals surface area contributed by atoms with Crippen LogP contribution in [0.5, 0.6) is 0 Å². The molecule has 0 N–H and O–H groups in total. The Labute approximate surface area is 104 Å². The van der Waals surface area contributed by atoms with Gasteiger partial charge in [0.25, 0.3) is 0 Å². The lowest BCUT2D eigenvalue weighted by atomic mass is 10.0. The largest absolute Gasteiger partial charge is 0.467 e. The van der Waals surface area contributed by atoms with Crippen LogP contribution in [0.3, 0.4) is 0 Å². The first-order valence-corrected chi connectivity index (χ1v) is 5.68. The normalized spacial score (nSPS) is 19.2. The number of anilines is 1. The van der Waals surface area contributed by atoms with Crippen molar-refractivity contribution in [3.05, 3.63) is 28.2 Å². The number of hydrogen-bond donors (Lipinski definition) is 0. The molecule has 1 aliphatic rings. The predicted molar refractivity (Wildman–Crippen MR) is 64.2 cm³/mol. The van der Waals surface area contributed by atoms with Crippen LogP contribution in [0.1, 0.15) is 6.42 Å². The van der Waals surface area contributed by atoms with Gasteiger partial charge < -0.3 is 9.64 Å². The van der Waals surface area contributed by atoms with Crippen molar-refractivity contribution >= 4 is 34.9 Å². The molecule has 1 aromatic carbocycles. The fourth-order valence-corrected chi connectivity index (χ4v) is 2.16. The Balaban J connectivity index is 2.24. The zero-order valence-electron chi connectivity index (χ0n) is 8.74. The van der Waals surface area contributed by atoms with Gasteiger partial charge in [-0.05, 0) is 24.6 Å². The smallest absolute Gasteiger partial charge is 0.328 e. The van der Waals surface area contributed by atoms with Crippen LogP contribution < -0.4 is 4.90 Å². The van der Waals surface area contributed by atoms with Gasteiger partial charge in [0.05, 0.1) is 17.8 Å². The topological polar surface area (TPSA) is 29.5 Å². The number of rotatable bonds is 2. The van der Waals surface area contributed by atoms with Gasteiger partial charge in [0, 0.05) is 11.6 Å². The fraction of sp³-hybridized carbons (Fsp3) is 0.364. The lowest BCUT2D eigenvalue weighted by Gasteiger charge is -2.41. The third-order valence-corrected chi connectivity index (χ3v) is 3.27. The summed E-state index contributed by atoms with van der Waals surface area (Å²) in [6.45, 7) is 0.791. The number of carbonyl (C=O) groups excluding carboxylic acids is 1. The Morgan fingerprint density at radius 1 is 1.50 bits per heavy atom. The van der Waals surface area contributed by atoms with Crippen molar-refractivity contribution in [2.24, 2.45) is 0 Å². The number of methoxy groups -OCH3 is 1. The van der Waals surface area contributed by atoms with Crippen molar-refractivity contribution in [1.82, 2.24) is 0 Å². The summed E-state index contributed by atoms with van der Waals surface area (Å²) < 4.78 is 4.72. The van der Waals surface area contributed by atoms with E-state index in [9.17, 15) is 4.79 Å². The molecule has 86 valence electrons. The molecule has 0 bridgehead atoms. The Hall–Kier alpha value is -0.930. The van der Waals surface area contributed by atoms with Gasteiger partial charge in [0.1, 0.15) is 6.04 Å². The number of halogens is 2. The molecule has 0 radical (unpaired) electrons. The molecule has 0 aromatic heterocycles. The summed E-state index contributed by atoms with van der Waals surface area (Å²) in [6.07, 6.45) is 0.787. The number of hydrogen-bond acceptors (Lipinski definition) is 3. The first-order valence-electron chi connectivity index (χ1n) is 4.93. The van der Waals surface area contributed by atoms with Crippen LogP contribution in [0.2, 0.25) is 10.0 Å². The SMILES string of the molecule is COC(=O)C1CCN1c1cc(Cl)ccc1Cl. The molecule has 0 spiro atoms. The summed E-state index contributed by atoms with van der Waals surface area (Å²) in [4.78, 5) is 13.3. The minimum Gasteiger partial charge on any atom is -0.467 e. The van der Waals surface area contributed by atoms with Crippen molar-refractivity contribution in [2.75, 3.05) is 18.6 Å². The number of ether oxygens (including phenoxy) is 1. The van der Waals surface area contributed by atoms with E-state index in [1.165, 1.54) is 7.11 Å². The molecule has 0 aliphatic carbocycles. The minimum atomic E-state index is -0.235. The monoisotopic (exact) mass is 259 g/mol. The van der Waals surface area contributed by atoms with E-state index in [1.54, 1.807) is 18.2 Å². The van der Waals surface area contributed by atoms with Crippen LogP contribution in [-0.2, 0) is 9.53 Å². The molecule has 16 heavy (non-hydrogen) atoms. The second-order valence-electron chi connectivity index (χ2n) is 3.62. The summed E-state index contributed by atoms with van der Waals surface area (Å²) in [6, 6.07) is 4.98. The van der Waals surface area contributed by atoms with E-state index in [1.807, 2.05) is 4.90 Å². The Morgan fingerprint density at radius 2 is 2.25 bits per heavy atom. The van der Waals surface area contributed by atoms with E-state index < -0.39 is 0 Å². The Morgan fingerprint density at radius 3 is 2.81 bits per heavy atom. The highest BCUT2D eigenvalue weighted by Crippen LogP contribution is 2.35. The van der Waals surface area contributed by atoms with Crippen LogP contribution in [0.15, 0.2) is 18.2 Å². The van der Waals surface area contributed by atoms with Gasteiger partial charge in [-0.3, -0.25) is 0 Å². The molecule has 1 fully saturated rings. The van der Waals surface area contributed by atoms with E-state index >= 15 is 0 Å². The van der Waals surface area contributed by atoms with E-state index in [0.717, 1.165) is 18.7 Å². The van der Waals surface area contributed by atoms with E-state index in [2.05, 4.69) is 0 Å². The fourth-order valence-electron chi connectivity index (χ4n) is 1.76. The maximum Gasteiger partial charge on any atom is 0.328 e. The van der Waals surface area contributed by atoms with Crippen LogP contribution in [0.4, 0.5) is 5.69 Å². The van der Waals surface area contributed by atoms with Crippen LogP contribution >= 0.6 is 23.2 Å². The third kappa shape index (κ3) is 1.97. The molecule has 3 nitrogen and oxygen atoms in total. The van der Waals surface area contributed by atoms with E-state index in [4.69, 9.17) is 27.9 Å². The van der Waals surface area contributed by atoms with Crippen molar-refractivity contribution in [2.45, 2.75) is 12.5 Å². The second kappa shape index (κ2) is 4.52. The molecule has 1 aliphatic heterocycles. The third-order valence-electron chi connectivity index (χ3n) is 2.71. The Kier molecular flexibility index (Phi) is 3.26. The number of carbonyl (C=O) groups is 1. The first kappa shape index (κ1) is 11.6. The molecule has 0 saturated carbocycles. The predicted octanol–water partition coefficient (Wildman–Crippen LogP) is 2.75. The number of esters is 1. The molecule has 5 heteroatoms. The van der Waals surface area contributed by atoms with Crippen molar-refractivity contribution in [1.29, 1.82) is 0 Å². The highest BCUT2D eigenvalue weighted by Gasteiger charge is 2.36. The number of benzene rings is 1. The lowest BCUT2D eigenvalue weighted by Crippen LogP contribution is -2.53. The van der Waals surface area contributed by atoms with Gasteiger partial charge >= 0.3 is 5.97 Å². The summed E-state index contributed by atoms with van der Waals surface area (Å²) >= 11 is 12.0. The van der Waals surface area contributed by atoms with Crippen molar-refractivity contribution < 1.29 is 9.53 Å². The van der Waals surface area contributed by atoms with E-state index in [0.29, 0.717) is 10.0 Å². The summed E-state index contributed by atoms with van der Waals surface area (Å²) in [5.74, 6) is -0.234. The molecule has 1 aromatic rings. The van der Waals surface area contributed by atoms with Crippen LogP contribution in [-0.4, -0.2) is 25.7 Å². The summed E-state index contributed by atoms with van der Waals surface area (Å²) in [5, 5.41) is 1.20. The lowest BCUT2D eigenvalue weighted by molar-refractivity contribution is -0.143. The van der Waals surface area contributed by atoms with Gasteiger partial charge in [-0.15, -0.1) is 0 Å². The highest BCUT2D eigenvalue weighted by molar-refractivity contribution is 6.35. The second-order valence-corrected chi connectivity index (χ2v) is 4.46. The maximum absolute atomic E-state index is 11.4. The van der Waals surface area contributed by atoms with Gasteiger partial charge in [0.15, 0.2) is 0 Å². The molecule has 1 unspecified atom stereocenters. The van der Waals surface area contributed by atoms with Gasteiger partial charge in [-0.1, -0.05) is 23.2 Å². The zero-order chi connectivity index (χ0) is 11.7. The van der Waals surface area contributed by atoms with Crippen molar-refractivity contribution in [3.63, 3.8) is 0 Å². The summed E-state index contributed by atoms with van der Waals surface area (Å²) in [7, 11) is 1.39. The number of nitrogens with zero attached hydrogens (tertiary/aromatic N) is 1. The molecular formula is C11H11Cl2NO2. The van der Waals surface area contributed by atoms with Gasteiger partial charge in [-0.2, -0.15) is 0 Å². The summed E-state index contributed by atoms with van der Waals surface area (Å²) in [5.41, 5.74) is 0.788. The van der Waals surface area contributed by atoms with Gasteiger partial charge in [0.2, 0.25) is 0 Å². The van der Waals surface area contributed by atoms with E-state index in [-0.39, 0.29) is 12.0 Å². The van der Waals surface area contributed by atoms with Crippen LogP contribution in [0, 0.1) is 0 Å². The van der Waals surface area contributed by atoms with Crippen molar-refractivity contribution in [3.8, 4) is 0 Å². The average molecular weight is 260 g/mol. The maximum atomic E-state index is 11.4. The Bertz CT molecular complexity index is 422. The quantitative estimate of drug-likeness (QED) is 0.766. The van der Waals surface area contributed by atoms with Gasteiger partial charge in [-0.25, -0.2) is 4.79 Å². The molecule has 2 rings (SSSR count). The highest BCUT2D eigenvalue weighted by atomic mass is 35.5. The molecule has 1 saturated heterocycles. The standard InChI is InChI=1S/C11H11Cl2NO2/c1-16-11(15)9-4-5-14(9)10-6-7(12)2-3-8(10)13/h2-3,6,9H,4-5H2,1H3. The average Bonchev–Trinajstić information content (AvgIpc) is 2.21. The molecule has 0 amide bonds. The molecular weight excluding hydrogens is 249 g/mol. The minimum absolute atomic E-state index is 0.234.